The summed E-state index contributed by atoms with van der Waals surface area (Å²) in [6.07, 6.45) is 3.60. The fourth-order valence-electron chi connectivity index (χ4n) is 1.44. The van der Waals surface area contributed by atoms with Crippen LogP contribution in [0.15, 0.2) is 0 Å². The molecule has 1 aliphatic heterocycles. The van der Waals surface area contributed by atoms with Gasteiger partial charge in [-0.3, -0.25) is 4.90 Å². The zero-order valence-electron chi connectivity index (χ0n) is 7.83. The Bertz CT molecular complexity index is 111. The maximum absolute atomic E-state index is 8.94. The summed E-state index contributed by atoms with van der Waals surface area (Å²) in [6.45, 7) is 5.19. The summed E-state index contributed by atoms with van der Waals surface area (Å²) >= 11 is 0. The highest BCUT2D eigenvalue weighted by Crippen LogP contribution is 2.07. The molecule has 1 fully saturated rings. The number of nitrogens with zero attached hydrogens (tertiary/aromatic N) is 1. The van der Waals surface area contributed by atoms with Gasteiger partial charge in [-0.25, -0.2) is 0 Å². The lowest BCUT2D eigenvalue weighted by molar-refractivity contribution is -0.0186. The Kier molecular flexibility index (Phi) is 4.58. The summed E-state index contributed by atoms with van der Waals surface area (Å²) in [4.78, 5) is 2.30. The van der Waals surface area contributed by atoms with Crippen molar-refractivity contribution in [2.24, 2.45) is 0 Å². The van der Waals surface area contributed by atoms with E-state index in [2.05, 4.69) is 4.90 Å². The van der Waals surface area contributed by atoms with Crippen LogP contribution in [-0.4, -0.2) is 42.5 Å². The normalized spacial score (nSPS) is 22.5. The summed E-state index contributed by atoms with van der Waals surface area (Å²) < 4.78 is 5.31. The maximum Gasteiger partial charge on any atom is 0.0991 e. The topological polar surface area (TPSA) is 32.7 Å². The van der Waals surface area contributed by atoms with Gasteiger partial charge in [-0.15, -0.1) is 0 Å². The molecule has 0 spiro atoms. The van der Waals surface area contributed by atoms with Crippen molar-refractivity contribution in [2.75, 3.05) is 26.4 Å². The molecule has 0 radical (unpaired) electrons. The SMILES string of the molecule is CC(O)COCN1CCCCC1. The van der Waals surface area contributed by atoms with Crippen LogP contribution in [0, 0.1) is 0 Å². The first kappa shape index (κ1) is 9.96. The number of hydrogen-bond acceptors (Lipinski definition) is 3. The molecule has 1 N–H and O–H groups in total. The number of rotatable bonds is 4. The summed E-state index contributed by atoms with van der Waals surface area (Å²) in [5, 5.41) is 8.94. The molecule has 0 aliphatic carbocycles. The van der Waals surface area contributed by atoms with Crippen molar-refractivity contribution in [3.05, 3.63) is 0 Å². The lowest BCUT2D eigenvalue weighted by Crippen LogP contribution is -2.32. The molecule has 72 valence electrons. The molecule has 3 heteroatoms. The molecule has 1 aliphatic rings. The molecule has 1 unspecified atom stereocenters. The van der Waals surface area contributed by atoms with E-state index in [1.165, 1.54) is 19.3 Å². The average molecular weight is 173 g/mol. The second-order valence-electron chi connectivity index (χ2n) is 3.53. The molecule has 1 saturated heterocycles. The molecule has 0 amide bonds. The summed E-state index contributed by atoms with van der Waals surface area (Å²) in [6, 6.07) is 0. The molecular formula is C9H19NO2. The van der Waals surface area contributed by atoms with E-state index < -0.39 is 0 Å². The van der Waals surface area contributed by atoms with Gasteiger partial charge >= 0.3 is 0 Å². The van der Waals surface area contributed by atoms with Crippen molar-refractivity contribution in [2.45, 2.75) is 32.3 Å². The molecule has 0 saturated carbocycles. The van der Waals surface area contributed by atoms with E-state index in [-0.39, 0.29) is 6.10 Å². The van der Waals surface area contributed by atoms with Crippen molar-refractivity contribution in [1.82, 2.24) is 4.90 Å². The minimum absolute atomic E-state index is 0.338. The highest BCUT2D eigenvalue weighted by molar-refractivity contribution is 4.60. The lowest BCUT2D eigenvalue weighted by atomic mass is 10.1. The van der Waals surface area contributed by atoms with Gasteiger partial charge in [0.05, 0.1) is 19.4 Å². The Morgan fingerprint density at radius 3 is 2.58 bits per heavy atom. The molecular weight excluding hydrogens is 154 g/mol. The van der Waals surface area contributed by atoms with Gasteiger partial charge < -0.3 is 9.84 Å². The molecule has 1 heterocycles. The Labute approximate surface area is 74.3 Å². The zero-order valence-corrected chi connectivity index (χ0v) is 7.83. The molecule has 3 nitrogen and oxygen atoms in total. The van der Waals surface area contributed by atoms with Crippen molar-refractivity contribution in [3.8, 4) is 0 Å². The van der Waals surface area contributed by atoms with E-state index in [0.717, 1.165) is 13.1 Å². The number of aliphatic hydroxyl groups excluding tert-OH is 1. The third-order valence-corrected chi connectivity index (χ3v) is 2.08. The molecule has 0 aromatic rings. The Balaban J connectivity index is 1.98. The van der Waals surface area contributed by atoms with Gasteiger partial charge in [0.15, 0.2) is 0 Å². The van der Waals surface area contributed by atoms with Gasteiger partial charge in [0.1, 0.15) is 0 Å². The van der Waals surface area contributed by atoms with Crippen molar-refractivity contribution < 1.29 is 9.84 Å². The van der Waals surface area contributed by atoms with Crippen LogP contribution in [0.1, 0.15) is 26.2 Å². The second-order valence-corrected chi connectivity index (χ2v) is 3.53. The minimum Gasteiger partial charge on any atom is -0.391 e. The monoisotopic (exact) mass is 173 g/mol. The number of piperidine rings is 1. The molecule has 12 heavy (non-hydrogen) atoms. The van der Waals surface area contributed by atoms with Crippen LogP contribution in [0.2, 0.25) is 0 Å². The minimum atomic E-state index is -0.338. The lowest BCUT2D eigenvalue weighted by Gasteiger charge is -2.26. The quantitative estimate of drug-likeness (QED) is 0.683. The van der Waals surface area contributed by atoms with E-state index in [9.17, 15) is 0 Å². The van der Waals surface area contributed by atoms with E-state index in [1.54, 1.807) is 6.92 Å². The number of likely N-dealkylation sites (tertiary alicyclic amines) is 1. The van der Waals surface area contributed by atoms with Crippen LogP contribution in [0.3, 0.4) is 0 Å². The van der Waals surface area contributed by atoms with Gasteiger partial charge in [0, 0.05) is 13.1 Å². The van der Waals surface area contributed by atoms with E-state index in [4.69, 9.17) is 9.84 Å². The summed E-state index contributed by atoms with van der Waals surface area (Å²) in [7, 11) is 0. The van der Waals surface area contributed by atoms with Crippen LogP contribution in [-0.2, 0) is 4.74 Å². The van der Waals surface area contributed by atoms with Crippen molar-refractivity contribution in [1.29, 1.82) is 0 Å². The first-order chi connectivity index (χ1) is 5.79. The number of aliphatic hydroxyl groups is 1. The molecule has 1 atom stereocenters. The highest BCUT2D eigenvalue weighted by atomic mass is 16.5. The van der Waals surface area contributed by atoms with Crippen molar-refractivity contribution >= 4 is 0 Å². The second kappa shape index (κ2) is 5.51. The largest absolute Gasteiger partial charge is 0.391 e. The zero-order chi connectivity index (χ0) is 8.81. The molecule has 0 aromatic heterocycles. The van der Waals surface area contributed by atoms with E-state index in [1.807, 2.05) is 0 Å². The number of hydrogen-bond donors (Lipinski definition) is 1. The molecule has 1 rings (SSSR count). The predicted octanol–water partition coefficient (Wildman–Crippen LogP) is 0.827. The smallest absolute Gasteiger partial charge is 0.0991 e. The first-order valence-electron chi connectivity index (χ1n) is 4.77. The van der Waals surface area contributed by atoms with Crippen LogP contribution >= 0.6 is 0 Å². The van der Waals surface area contributed by atoms with Crippen molar-refractivity contribution in [3.63, 3.8) is 0 Å². The van der Waals surface area contributed by atoms with Crippen LogP contribution in [0.4, 0.5) is 0 Å². The van der Waals surface area contributed by atoms with Gasteiger partial charge in [-0.05, 0) is 19.8 Å². The van der Waals surface area contributed by atoms with E-state index in [0.29, 0.717) is 13.3 Å². The van der Waals surface area contributed by atoms with Gasteiger partial charge in [0.2, 0.25) is 0 Å². The van der Waals surface area contributed by atoms with Gasteiger partial charge in [-0.1, -0.05) is 6.42 Å². The Morgan fingerprint density at radius 1 is 1.33 bits per heavy atom. The maximum atomic E-state index is 8.94. The van der Waals surface area contributed by atoms with Crippen LogP contribution in [0.5, 0.6) is 0 Å². The fraction of sp³-hybridized carbons (Fsp3) is 1.00. The van der Waals surface area contributed by atoms with Crippen LogP contribution in [0.25, 0.3) is 0 Å². The predicted molar refractivity (Wildman–Crippen MR) is 47.9 cm³/mol. The average Bonchev–Trinajstić information content (AvgIpc) is 2.05. The summed E-state index contributed by atoms with van der Waals surface area (Å²) in [5.74, 6) is 0. The fourth-order valence-corrected chi connectivity index (χ4v) is 1.44. The molecule has 0 bridgehead atoms. The van der Waals surface area contributed by atoms with Gasteiger partial charge in [-0.2, -0.15) is 0 Å². The Morgan fingerprint density at radius 2 is 2.00 bits per heavy atom. The van der Waals surface area contributed by atoms with E-state index >= 15 is 0 Å². The first-order valence-corrected chi connectivity index (χ1v) is 4.77. The third-order valence-electron chi connectivity index (χ3n) is 2.08. The number of ether oxygens (including phenoxy) is 1. The van der Waals surface area contributed by atoms with Gasteiger partial charge in [0.25, 0.3) is 0 Å². The molecule has 0 aromatic carbocycles. The van der Waals surface area contributed by atoms with Crippen LogP contribution < -0.4 is 0 Å². The third kappa shape index (κ3) is 4.04. The Hall–Kier alpha value is -0.120. The summed E-state index contributed by atoms with van der Waals surface area (Å²) in [5.41, 5.74) is 0. The highest BCUT2D eigenvalue weighted by Gasteiger charge is 2.09. The standard InChI is InChI=1S/C9H19NO2/c1-9(11)7-12-8-10-5-3-2-4-6-10/h9,11H,2-8H2,1H3.